The molecule has 27 heavy (non-hydrogen) atoms. The normalized spacial score (nSPS) is 10.3. The highest BCUT2D eigenvalue weighted by atomic mass is 79.9. The standard InChI is InChI=1S/C18H18BrNO6S/c1-5-26-17(22)13-9(2)14(18(23)25-4)27-16(13)20-15(21)10-6-7-12(24-3)11(19)8-10/h6-8H,5H2,1-4H3,(H,20,21). The van der Waals surface area contributed by atoms with Gasteiger partial charge in [0.1, 0.15) is 15.6 Å². The van der Waals surface area contributed by atoms with E-state index in [1.165, 1.54) is 14.2 Å². The van der Waals surface area contributed by atoms with Crippen LogP contribution < -0.4 is 10.1 Å². The number of amides is 1. The predicted molar refractivity (Wildman–Crippen MR) is 105 cm³/mol. The Labute approximate surface area is 168 Å². The molecule has 0 spiro atoms. The summed E-state index contributed by atoms with van der Waals surface area (Å²) in [6.07, 6.45) is 0. The second kappa shape index (κ2) is 9.01. The molecule has 1 aromatic heterocycles. The largest absolute Gasteiger partial charge is 0.496 e. The van der Waals surface area contributed by atoms with Gasteiger partial charge in [-0.25, -0.2) is 9.59 Å². The number of rotatable bonds is 6. The molecule has 0 radical (unpaired) electrons. The maximum atomic E-state index is 12.6. The summed E-state index contributed by atoms with van der Waals surface area (Å²) in [5.41, 5.74) is 0.892. The number of nitrogens with one attached hydrogen (secondary N) is 1. The molecule has 1 amide bonds. The summed E-state index contributed by atoms with van der Waals surface area (Å²) in [6.45, 7) is 3.45. The first-order valence-corrected chi connectivity index (χ1v) is 9.48. The van der Waals surface area contributed by atoms with Crippen molar-refractivity contribution in [3.8, 4) is 5.75 Å². The van der Waals surface area contributed by atoms with E-state index in [1.54, 1.807) is 32.0 Å². The first kappa shape index (κ1) is 20.9. The highest BCUT2D eigenvalue weighted by molar-refractivity contribution is 9.10. The molecule has 2 rings (SSSR count). The van der Waals surface area contributed by atoms with Gasteiger partial charge in [-0.2, -0.15) is 0 Å². The van der Waals surface area contributed by atoms with Crippen molar-refractivity contribution in [2.75, 3.05) is 26.1 Å². The van der Waals surface area contributed by atoms with Gasteiger partial charge in [-0.05, 0) is 53.5 Å². The minimum absolute atomic E-state index is 0.142. The molecule has 0 saturated carbocycles. The van der Waals surface area contributed by atoms with Crippen molar-refractivity contribution in [3.05, 3.63) is 44.2 Å². The van der Waals surface area contributed by atoms with Gasteiger partial charge >= 0.3 is 11.9 Å². The van der Waals surface area contributed by atoms with Crippen molar-refractivity contribution in [3.63, 3.8) is 0 Å². The Bertz CT molecular complexity index is 892. The third-order valence-electron chi connectivity index (χ3n) is 3.64. The van der Waals surface area contributed by atoms with Gasteiger partial charge in [0, 0.05) is 5.56 Å². The Kier molecular flexibility index (Phi) is 6.98. The van der Waals surface area contributed by atoms with Gasteiger partial charge in [0.15, 0.2) is 0 Å². The van der Waals surface area contributed by atoms with Crippen LogP contribution in [-0.4, -0.2) is 38.7 Å². The maximum Gasteiger partial charge on any atom is 0.348 e. The predicted octanol–water partition coefficient (Wildman–Crippen LogP) is 4.04. The molecule has 0 fully saturated rings. The molecular formula is C18H18BrNO6S. The average molecular weight is 456 g/mol. The smallest absolute Gasteiger partial charge is 0.348 e. The first-order valence-electron chi connectivity index (χ1n) is 7.87. The van der Waals surface area contributed by atoms with Gasteiger partial charge in [-0.1, -0.05) is 0 Å². The summed E-state index contributed by atoms with van der Waals surface area (Å²) < 4.78 is 15.6. The van der Waals surface area contributed by atoms with E-state index in [-0.39, 0.29) is 22.0 Å². The number of hydrogen-bond donors (Lipinski definition) is 1. The molecule has 2 aromatic rings. The van der Waals surface area contributed by atoms with Gasteiger partial charge in [0.25, 0.3) is 5.91 Å². The summed E-state index contributed by atoms with van der Waals surface area (Å²) in [5.74, 6) is -1.07. The molecule has 0 aliphatic heterocycles. The highest BCUT2D eigenvalue weighted by Gasteiger charge is 2.27. The van der Waals surface area contributed by atoms with Crippen LogP contribution in [0.25, 0.3) is 0 Å². The Hall–Kier alpha value is -2.39. The zero-order valence-electron chi connectivity index (χ0n) is 15.2. The quantitative estimate of drug-likeness (QED) is 0.660. The summed E-state index contributed by atoms with van der Waals surface area (Å²) in [5, 5.41) is 2.91. The van der Waals surface area contributed by atoms with E-state index in [9.17, 15) is 14.4 Å². The molecule has 9 heteroatoms. The van der Waals surface area contributed by atoms with Gasteiger partial charge in [-0.3, -0.25) is 4.79 Å². The van der Waals surface area contributed by atoms with Crippen LogP contribution in [0.2, 0.25) is 0 Å². The first-order chi connectivity index (χ1) is 12.8. The van der Waals surface area contributed by atoms with Crippen molar-refractivity contribution in [1.82, 2.24) is 0 Å². The van der Waals surface area contributed by atoms with E-state index in [0.29, 0.717) is 21.3 Å². The number of anilines is 1. The SMILES string of the molecule is CCOC(=O)c1c(NC(=O)c2ccc(OC)c(Br)c2)sc(C(=O)OC)c1C. The molecular weight excluding hydrogens is 438 g/mol. The molecule has 1 heterocycles. The van der Waals surface area contributed by atoms with Crippen molar-refractivity contribution >= 4 is 50.1 Å². The average Bonchev–Trinajstić information content (AvgIpc) is 2.97. The van der Waals surface area contributed by atoms with E-state index in [1.807, 2.05) is 0 Å². The Morgan fingerprint density at radius 1 is 1.19 bits per heavy atom. The second-order valence-corrected chi connectivity index (χ2v) is 7.15. The summed E-state index contributed by atoms with van der Waals surface area (Å²) in [6, 6.07) is 4.83. The fourth-order valence-electron chi connectivity index (χ4n) is 2.32. The lowest BCUT2D eigenvalue weighted by molar-refractivity contribution is 0.0527. The van der Waals surface area contributed by atoms with Crippen molar-refractivity contribution in [2.45, 2.75) is 13.8 Å². The van der Waals surface area contributed by atoms with Gasteiger partial charge in [0.2, 0.25) is 0 Å². The molecule has 1 N–H and O–H groups in total. The minimum Gasteiger partial charge on any atom is -0.496 e. The molecule has 0 unspecified atom stereocenters. The number of ether oxygens (including phenoxy) is 3. The van der Waals surface area contributed by atoms with Crippen LogP contribution in [0.5, 0.6) is 5.75 Å². The fraction of sp³-hybridized carbons (Fsp3) is 0.278. The van der Waals surface area contributed by atoms with Crippen LogP contribution in [0.1, 0.15) is 42.9 Å². The second-order valence-electron chi connectivity index (χ2n) is 5.28. The van der Waals surface area contributed by atoms with Crippen LogP contribution in [0.15, 0.2) is 22.7 Å². The van der Waals surface area contributed by atoms with E-state index in [0.717, 1.165) is 11.3 Å². The molecule has 0 atom stereocenters. The molecule has 1 aromatic carbocycles. The number of carbonyl (C=O) groups excluding carboxylic acids is 3. The van der Waals surface area contributed by atoms with Crippen molar-refractivity contribution in [1.29, 1.82) is 0 Å². The number of thiophene rings is 1. The number of benzene rings is 1. The zero-order valence-corrected chi connectivity index (χ0v) is 17.6. The van der Waals surface area contributed by atoms with Crippen LogP contribution in [0.4, 0.5) is 5.00 Å². The molecule has 144 valence electrons. The molecule has 7 nitrogen and oxygen atoms in total. The van der Waals surface area contributed by atoms with Crippen LogP contribution in [0, 0.1) is 6.92 Å². The molecule has 0 bridgehead atoms. The van der Waals surface area contributed by atoms with E-state index >= 15 is 0 Å². The number of halogens is 1. The number of carbonyl (C=O) groups is 3. The lowest BCUT2D eigenvalue weighted by atomic mass is 10.1. The maximum absolute atomic E-state index is 12.6. The lowest BCUT2D eigenvalue weighted by Gasteiger charge is -2.08. The third kappa shape index (κ3) is 4.48. The minimum atomic E-state index is -0.618. The van der Waals surface area contributed by atoms with Crippen molar-refractivity contribution in [2.24, 2.45) is 0 Å². The highest BCUT2D eigenvalue weighted by Crippen LogP contribution is 2.35. The zero-order chi connectivity index (χ0) is 20.1. The van der Waals surface area contributed by atoms with Gasteiger partial charge in [-0.15, -0.1) is 11.3 Å². The fourth-order valence-corrected chi connectivity index (χ4v) is 3.97. The third-order valence-corrected chi connectivity index (χ3v) is 5.45. The van der Waals surface area contributed by atoms with Crippen LogP contribution >= 0.6 is 27.3 Å². The molecule has 0 aliphatic rings. The number of hydrogen-bond acceptors (Lipinski definition) is 7. The van der Waals surface area contributed by atoms with E-state index in [4.69, 9.17) is 14.2 Å². The molecule has 0 aliphatic carbocycles. The monoisotopic (exact) mass is 455 g/mol. The summed E-state index contributed by atoms with van der Waals surface area (Å²) >= 11 is 4.29. The van der Waals surface area contributed by atoms with Crippen molar-refractivity contribution < 1.29 is 28.6 Å². The van der Waals surface area contributed by atoms with Crippen LogP contribution in [0.3, 0.4) is 0 Å². The van der Waals surface area contributed by atoms with Crippen LogP contribution in [-0.2, 0) is 9.47 Å². The summed E-state index contributed by atoms with van der Waals surface area (Å²) in [4.78, 5) is 37.1. The lowest BCUT2D eigenvalue weighted by Crippen LogP contribution is -2.15. The van der Waals surface area contributed by atoms with Gasteiger partial charge < -0.3 is 19.5 Å². The van der Waals surface area contributed by atoms with E-state index in [2.05, 4.69) is 21.2 Å². The summed E-state index contributed by atoms with van der Waals surface area (Å²) in [7, 11) is 2.77. The number of esters is 2. The Morgan fingerprint density at radius 3 is 2.44 bits per heavy atom. The topological polar surface area (TPSA) is 90.9 Å². The Balaban J connectivity index is 2.41. The van der Waals surface area contributed by atoms with E-state index < -0.39 is 17.8 Å². The molecule has 0 saturated heterocycles. The van der Waals surface area contributed by atoms with Gasteiger partial charge in [0.05, 0.1) is 30.9 Å². The number of methoxy groups -OCH3 is 2. The Morgan fingerprint density at radius 2 is 1.89 bits per heavy atom.